The van der Waals surface area contributed by atoms with Crippen molar-refractivity contribution in [2.24, 2.45) is 17.4 Å². The maximum absolute atomic E-state index is 12.7. The van der Waals surface area contributed by atoms with Gasteiger partial charge in [0.25, 0.3) is 0 Å². The molecule has 1 aliphatic rings. The fourth-order valence-corrected chi connectivity index (χ4v) is 3.03. The van der Waals surface area contributed by atoms with Crippen LogP contribution in [0.4, 0.5) is 5.82 Å². The molecule has 0 bridgehead atoms. The number of amides is 1. The number of nitrogen functional groups attached to an aromatic ring is 1. The van der Waals surface area contributed by atoms with Crippen LogP contribution in [0, 0.1) is 11.3 Å². The average Bonchev–Trinajstić information content (AvgIpc) is 2.76. The number of aromatic nitrogens is 2. The summed E-state index contributed by atoms with van der Waals surface area (Å²) in [6.07, 6.45) is 2.81. The van der Waals surface area contributed by atoms with Gasteiger partial charge in [0.05, 0.1) is 19.2 Å². The van der Waals surface area contributed by atoms with Gasteiger partial charge in [-0.2, -0.15) is 4.98 Å². The molecule has 1 aromatic rings. The van der Waals surface area contributed by atoms with Gasteiger partial charge < -0.3 is 36.9 Å². The highest BCUT2D eigenvalue weighted by Gasteiger charge is 2.37. The Bertz CT molecular complexity index is 933. The van der Waals surface area contributed by atoms with Crippen molar-refractivity contribution < 1.29 is 19.1 Å². The van der Waals surface area contributed by atoms with Gasteiger partial charge >= 0.3 is 11.7 Å². The minimum atomic E-state index is -1.21. The van der Waals surface area contributed by atoms with E-state index in [2.05, 4.69) is 10.3 Å². The molecule has 2 rings (SSSR count). The number of hydrogen-bond donors (Lipinski definition) is 5. The fourth-order valence-electron chi connectivity index (χ4n) is 3.03. The number of carbonyl (C=O) groups excluding carboxylic acids is 2. The molecule has 0 saturated carbocycles. The molecule has 0 aromatic carbocycles. The second-order valence-electron chi connectivity index (χ2n) is 7.53. The van der Waals surface area contributed by atoms with E-state index < -0.39 is 42.0 Å². The number of rotatable bonds is 8. The van der Waals surface area contributed by atoms with E-state index in [4.69, 9.17) is 32.1 Å². The monoisotopic (exact) mass is 450 g/mol. The molecule has 0 spiro atoms. The Balaban J connectivity index is 2.11. The molecule has 0 radical (unpaired) electrons. The smallest absolute Gasteiger partial charge is 0.351 e. The SMILES string of the molecule is COC(=O)C1OC(n2ccc(N)nc2=O)C=CC1NC(=O)C(N)C(C)CCN(C)C(=N)N. The molecule has 1 amide bonds. The summed E-state index contributed by atoms with van der Waals surface area (Å²) in [5.41, 5.74) is 16.3. The van der Waals surface area contributed by atoms with Gasteiger partial charge in [0.2, 0.25) is 5.91 Å². The summed E-state index contributed by atoms with van der Waals surface area (Å²) in [7, 11) is 2.86. The number of nitrogens with two attached hydrogens (primary N) is 3. The van der Waals surface area contributed by atoms with Gasteiger partial charge in [-0.05, 0) is 24.5 Å². The molecule has 8 N–H and O–H groups in total. The van der Waals surface area contributed by atoms with Gasteiger partial charge in [-0.1, -0.05) is 13.0 Å². The maximum atomic E-state index is 12.7. The minimum absolute atomic E-state index is 0.0540. The number of esters is 1. The van der Waals surface area contributed by atoms with Crippen molar-refractivity contribution in [3.63, 3.8) is 0 Å². The summed E-state index contributed by atoms with van der Waals surface area (Å²) >= 11 is 0. The topological polar surface area (TPSA) is 205 Å². The quantitative estimate of drug-likeness (QED) is 0.129. The van der Waals surface area contributed by atoms with Crippen molar-refractivity contribution >= 4 is 23.7 Å². The lowest BCUT2D eigenvalue weighted by Crippen LogP contribution is -2.55. The van der Waals surface area contributed by atoms with Crippen LogP contribution in [0.25, 0.3) is 0 Å². The summed E-state index contributed by atoms with van der Waals surface area (Å²) in [5, 5.41) is 10.1. The Hall–Kier alpha value is -3.45. The van der Waals surface area contributed by atoms with Crippen molar-refractivity contribution in [2.75, 3.05) is 26.4 Å². The highest BCUT2D eigenvalue weighted by Crippen LogP contribution is 2.21. The van der Waals surface area contributed by atoms with Gasteiger partial charge in [-0.15, -0.1) is 0 Å². The van der Waals surface area contributed by atoms with Crippen LogP contribution in [0.1, 0.15) is 19.6 Å². The molecule has 5 atom stereocenters. The van der Waals surface area contributed by atoms with E-state index in [-0.39, 0.29) is 17.7 Å². The Kier molecular flexibility index (Phi) is 8.32. The molecular formula is C19H30N8O5. The largest absolute Gasteiger partial charge is 0.467 e. The minimum Gasteiger partial charge on any atom is -0.467 e. The zero-order chi connectivity index (χ0) is 24.0. The molecule has 176 valence electrons. The summed E-state index contributed by atoms with van der Waals surface area (Å²) in [5.74, 6) is -1.47. The lowest BCUT2D eigenvalue weighted by molar-refractivity contribution is -0.163. The average molecular weight is 451 g/mol. The fraction of sp³-hybridized carbons (Fsp3) is 0.526. The van der Waals surface area contributed by atoms with Gasteiger partial charge in [-0.25, -0.2) is 9.59 Å². The van der Waals surface area contributed by atoms with Crippen molar-refractivity contribution in [3.05, 3.63) is 34.9 Å². The number of methoxy groups -OCH3 is 1. The lowest BCUT2D eigenvalue weighted by atomic mass is 9.97. The third kappa shape index (κ3) is 6.04. The summed E-state index contributed by atoms with van der Waals surface area (Å²) < 4.78 is 11.7. The van der Waals surface area contributed by atoms with Crippen LogP contribution in [0.3, 0.4) is 0 Å². The predicted molar refractivity (Wildman–Crippen MR) is 116 cm³/mol. The molecule has 13 nitrogen and oxygen atoms in total. The first-order valence-corrected chi connectivity index (χ1v) is 9.92. The van der Waals surface area contributed by atoms with Crippen LogP contribution in [-0.2, 0) is 19.1 Å². The summed E-state index contributed by atoms with van der Waals surface area (Å²) in [6.45, 7) is 2.26. The molecule has 1 aliphatic heterocycles. The van der Waals surface area contributed by atoms with E-state index in [1.54, 1.807) is 18.9 Å². The first-order valence-electron chi connectivity index (χ1n) is 9.92. The highest BCUT2D eigenvalue weighted by atomic mass is 16.6. The summed E-state index contributed by atoms with van der Waals surface area (Å²) in [4.78, 5) is 42.3. The molecule has 1 aromatic heterocycles. The van der Waals surface area contributed by atoms with E-state index in [0.29, 0.717) is 13.0 Å². The number of carbonyl (C=O) groups is 2. The van der Waals surface area contributed by atoms with Crippen LogP contribution >= 0.6 is 0 Å². The molecule has 0 saturated heterocycles. The normalized spacial score (nSPS) is 21.9. The second kappa shape index (κ2) is 10.7. The number of nitrogens with zero attached hydrogens (tertiary/aromatic N) is 3. The Morgan fingerprint density at radius 2 is 2.12 bits per heavy atom. The van der Waals surface area contributed by atoms with Crippen LogP contribution in [-0.4, -0.2) is 71.2 Å². The highest BCUT2D eigenvalue weighted by molar-refractivity contribution is 5.84. The van der Waals surface area contributed by atoms with Crippen molar-refractivity contribution in [2.45, 2.75) is 37.8 Å². The number of hydrogen-bond acceptors (Lipinski definition) is 9. The van der Waals surface area contributed by atoms with Crippen molar-refractivity contribution in [1.82, 2.24) is 19.8 Å². The van der Waals surface area contributed by atoms with Crippen LogP contribution < -0.4 is 28.2 Å². The first-order chi connectivity index (χ1) is 15.0. The standard InChI is InChI=1S/C19H30N8O5/c1-10(6-8-26(2)18(22)23)14(21)16(28)24-11-4-5-13(32-15(11)17(29)31-3)27-9-7-12(20)25-19(27)30/h4-5,7,9-11,13-15H,6,8,21H2,1-3H3,(H3,22,23)(H,24,28)(H2,20,25,30). The van der Waals surface area contributed by atoms with Crippen molar-refractivity contribution in [1.29, 1.82) is 5.41 Å². The van der Waals surface area contributed by atoms with E-state index in [1.165, 1.54) is 31.5 Å². The van der Waals surface area contributed by atoms with Gasteiger partial charge in [0.15, 0.2) is 18.3 Å². The number of guanidine groups is 1. The number of ether oxygens (including phenoxy) is 2. The number of nitrogens with one attached hydrogen (secondary N) is 2. The van der Waals surface area contributed by atoms with Gasteiger partial charge in [-0.3, -0.25) is 14.8 Å². The van der Waals surface area contributed by atoms with E-state index >= 15 is 0 Å². The zero-order valence-electron chi connectivity index (χ0n) is 18.2. The predicted octanol–water partition coefficient (Wildman–Crippen LogP) is -1.88. The van der Waals surface area contributed by atoms with E-state index in [0.717, 1.165) is 4.57 Å². The molecule has 5 unspecified atom stereocenters. The Morgan fingerprint density at radius 1 is 1.44 bits per heavy atom. The van der Waals surface area contributed by atoms with Gasteiger partial charge in [0.1, 0.15) is 5.82 Å². The Labute approximate surface area is 185 Å². The molecule has 13 heteroatoms. The second-order valence-corrected chi connectivity index (χ2v) is 7.53. The third-order valence-electron chi connectivity index (χ3n) is 5.21. The summed E-state index contributed by atoms with van der Waals surface area (Å²) in [6, 6.07) is -0.311. The van der Waals surface area contributed by atoms with Crippen LogP contribution in [0.15, 0.2) is 29.2 Å². The van der Waals surface area contributed by atoms with Crippen molar-refractivity contribution in [3.8, 4) is 0 Å². The Morgan fingerprint density at radius 3 is 2.72 bits per heavy atom. The molecule has 0 aliphatic carbocycles. The molecule has 0 fully saturated rings. The first kappa shape index (κ1) is 24.8. The van der Waals surface area contributed by atoms with Crippen LogP contribution in [0.5, 0.6) is 0 Å². The zero-order valence-corrected chi connectivity index (χ0v) is 18.2. The molecular weight excluding hydrogens is 420 g/mol. The third-order valence-corrected chi connectivity index (χ3v) is 5.21. The van der Waals surface area contributed by atoms with Gasteiger partial charge in [0, 0.05) is 19.8 Å². The van der Waals surface area contributed by atoms with Crippen LogP contribution in [0.2, 0.25) is 0 Å². The maximum Gasteiger partial charge on any atom is 0.351 e. The molecule has 2 heterocycles. The van der Waals surface area contributed by atoms with E-state index in [9.17, 15) is 14.4 Å². The lowest BCUT2D eigenvalue weighted by Gasteiger charge is -2.32. The molecule has 32 heavy (non-hydrogen) atoms. The van der Waals surface area contributed by atoms with E-state index in [1.807, 2.05) is 0 Å². The number of anilines is 1.